The molecule has 0 aliphatic heterocycles. The predicted molar refractivity (Wildman–Crippen MR) is 83.2 cm³/mol. The summed E-state index contributed by atoms with van der Waals surface area (Å²) < 4.78 is 16.8. The van der Waals surface area contributed by atoms with Gasteiger partial charge in [-0.1, -0.05) is 0 Å². The molecule has 0 unspecified atom stereocenters. The third kappa shape index (κ3) is 3.75. The number of methoxy groups -OCH3 is 3. The SMILES string of the molecule is COc1cc(CNc2ncc(Br)cn2)cc(OC)c1OC. The van der Waals surface area contributed by atoms with E-state index in [0.717, 1.165) is 10.0 Å². The number of halogens is 1. The molecule has 0 bridgehead atoms. The maximum atomic E-state index is 5.32. The average molecular weight is 354 g/mol. The standard InChI is InChI=1S/C14H16BrN3O3/c1-19-11-4-9(5-12(20-2)13(11)21-3)6-16-14-17-7-10(15)8-18-14/h4-5,7-8H,6H2,1-3H3,(H,16,17,18). The van der Waals surface area contributed by atoms with Crippen molar-refractivity contribution in [2.24, 2.45) is 0 Å². The molecule has 0 saturated heterocycles. The van der Waals surface area contributed by atoms with Gasteiger partial charge in [0.1, 0.15) is 0 Å². The van der Waals surface area contributed by atoms with E-state index in [1.54, 1.807) is 33.7 Å². The van der Waals surface area contributed by atoms with Crippen LogP contribution < -0.4 is 19.5 Å². The smallest absolute Gasteiger partial charge is 0.222 e. The van der Waals surface area contributed by atoms with Gasteiger partial charge >= 0.3 is 0 Å². The van der Waals surface area contributed by atoms with Crippen LogP contribution in [0, 0.1) is 0 Å². The number of benzene rings is 1. The van der Waals surface area contributed by atoms with Crippen molar-refractivity contribution >= 4 is 21.9 Å². The molecule has 0 spiro atoms. The minimum absolute atomic E-state index is 0.540. The molecular weight excluding hydrogens is 338 g/mol. The van der Waals surface area contributed by atoms with Crippen molar-refractivity contribution in [3.05, 3.63) is 34.6 Å². The fourth-order valence-corrected chi connectivity index (χ4v) is 2.03. The maximum Gasteiger partial charge on any atom is 0.222 e. The van der Waals surface area contributed by atoms with E-state index in [9.17, 15) is 0 Å². The van der Waals surface area contributed by atoms with Gasteiger partial charge in [-0.15, -0.1) is 0 Å². The van der Waals surface area contributed by atoms with Crippen LogP contribution in [0.3, 0.4) is 0 Å². The van der Waals surface area contributed by atoms with Crippen molar-refractivity contribution in [3.63, 3.8) is 0 Å². The van der Waals surface area contributed by atoms with Crippen LogP contribution in [0.1, 0.15) is 5.56 Å². The lowest BCUT2D eigenvalue weighted by Crippen LogP contribution is -2.04. The second-order valence-electron chi connectivity index (χ2n) is 4.11. The van der Waals surface area contributed by atoms with E-state index >= 15 is 0 Å². The Labute approximate surface area is 131 Å². The number of rotatable bonds is 6. The molecule has 0 saturated carbocycles. The van der Waals surface area contributed by atoms with Gasteiger partial charge in [-0.05, 0) is 33.6 Å². The molecular formula is C14H16BrN3O3. The Morgan fingerprint density at radius 1 is 1.00 bits per heavy atom. The number of nitrogens with zero attached hydrogens (tertiary/aromatic N) is 2. The third-order valence-corrected chi connectivity index (χ3v) is 3.20. The molecule has 7 heteroatoms. The van der Waals surface area contributed by atoms with Crippen molar-refractivity contribution in [1.29, 1.82) is 0 Å². The van der Waals surface area contributed by atoms with Crippen LogP contribution in [0.5, 0.6) is 17.2 Å². The van der Waals surface area contributed by atoms with Crippen molar-refractivity contribution < 1.29 is 14.2 Å². The van der Waals surface area contributed by atoms with Crippen LogP contribution in [0.25, 0.3) is 0 Å². The van der Waals surface area contributed by atoms with Crippen molar-refractivity contribution in [2.45, 2.75) is 6.54 Å². The molecule has 112 valence electrons. The minimum atomic E-state index is 0.540. The van der Waals surface area contributed by atoms with Crippen LogP contribution in [0.2, 0.25) is 0 Å². The van der Waals surface area contributed by atoms with E-state index in [4.69, 9.17) is 14.2 Å². The zero-order valence-corrected chi connectivity index (χ0v) is 13.6. The summed E-state index contributed by atoms with van der Waals surface area (Å²) in [5, 5.41) is 3.13. The molecule has 0 radical (unpaired) electrons. The quantitative estimate of drug-likeness (QED) is 0.861. The number of hydrogen-bond acceptors (Lipinski definition) is 6. The first kappa shape index (κ1) is 15.4. The van der Waals surface area contributed by atoms with Gasteiger partial charge in [0.15, 0.2) is 11.5 Å². The highest BCUT2D eigenvalue weighted by atomic mass is 79.9. The highest BCUT2D eigenvalue weighted by molar-refractivity contribution is 9.10. The fraction of sp³-hybridized carbons (Fsp3) is 0.286. The Bertz CT molecular complexity index is 580. The first-order valence-corrected chi connectivity index (χ1v) is 6.97. The second kappa shape index (κ2) is 7.12. The first-order chi connectivity index (χ1) is 10.2. The third-order valence-electron chi connectivity index (χ3n) is 2.80. The summed E-state index contributed by atoms with van der Waals surface area (Å²) in [6.45, 7) is 0.540. The maximum absolute atomic E-state index is 5.32. The van der Waals surface area contributed by atoms with Crippen LogP contribution in [-0.2, 0) is 6.54 Å². The Kier molecular flexibility index (Phi) is 5.21. The zero-order chi connectivity index (χ0) is 15.2. The lowest BCUT2D eigenvalue weighted by atomic mass is 10.2. The normalized spacial score (nSPS) is 10.1. The Balaban J connectivity index is 2.18. The molecule has 2 aromatic rings. The molecule has 6 nitrogen and oxygen atoms in total. The van der Waals surface area contributed by atoms with Crippen LogP contribution in [0.4, 0.5) is 5.95 Å². The molecule has 0 fully saturated rings. The molecule has 1 aromatic heterocycles. The summed E-state index contributed by atoms with van der Waals surface area (Å²) >= 11 is 3.30. The number of nitrogens with one attached hydrogen (secondary N) is 1. The van der Waals surface area contributed by atoms with E-state index in [0.29, 0.717) is 29.7 Å². The number of ether oxygens (including phenoxy) is 3. The zero-order valence-electron chi connectivity index (χ0n) is 12.0. The monoisotopic (exact) mass is 353 g/mol. The molecule has 1 heterocycles. The molecule has 2 rings (SSSR count). The van der Waals surface area contributed by atoms with Crippen LogP contribution in [-0.4, -0.2) is 31.3 Å². The van der Waals surface area contributed by atoms with Crippen LogP contribution >= 0.6 is 15.9 Å². The minimum Gasteiger partial charge on any atom is -0.493 e. The molecule has 21 heavy (non-hydrogen) atoms. The van der Waals surface area contributed by atoms with Gasteiger partial charge in [0, 0.05) is 18.9 Å². The highest BCUT2D eigenvalue weighted by Gasteiger charge is 2.13. The highest BCUT2D eigenvalue weighted by Crippen LogP contribution is 2.38. The van der Waals surface area contributed by atoms with Crippen molar-refractivity contribution in [3.8, 4) is 17.2 Å². The molecule has 0 aliphatic rings. The van der Waals surface area contributed by atoms with Gasteiger partial charge in [-0.3, -0.25) is 0 Å². The molecule has 0 amide bonds. The number of aromatic nitrogens is 2. The van der Waals surface area contributed by atoms with E-state index < -0.39 is 0 Å². The van der Waals surface area contributed by atoms with E-state index in [2.05, 4.69) is 31.2 Å². The second-order valence-corrected chi connectivity index (χ2v) is 5.03. The van der Waals surface area contributed by atoms with Gasteiger partial charge in [0.2, 0.25) is 11.7 Å². The van der Waals surface area contributed by atoms with Gasteiger partial charge in [-0.2, -0.15) is 0 Å². The Morgan fingerprint density at radius 3 is 2.05 bits per heavy atom. The van der Waals surface area contributed by atoms with Gasteiger partial charge in [0.05, 0.1) is 25.8 Å². The summed E-state index contributed by atoms with van der Waals surface area (Å²) in [5.41, 5.74) is 0.969. The summed E-state index contributed by atoms with van der Waals surface area (Å²) in [7, 11) is 4.76. The average Bonchev–Trinajstić information content (AvgIpc) is 2.53. The predicted octanol–water partition coefficient (Wildman–Crippen LogP) is 2.88. The Morgan fingerprint density at radius 2 is 1.57 bits per heavy atom. The summed E-state index contributed by atoms with van der Waals surface area (Å²) in [4.78, 5) is 8.31. The van der Waals surface area contributed by atoms with Crippen molar-refractivity contribution in [1.82, 2.24) is 9.97 Å². The largest absolute Gasteiger partial charge is 0.493 e. The number of anilines is 1. The van der Waals surface area contributed by atoms with Gasteiger partial charge in [0.25, 0.3) is 0 Å². The first-order valence-electron chi connectivity index (χ1n) is 6.18. The lowest BCUT2D eigenvalue weighted by molar-refractivity contribution is 0.324. The molecule has 0 aliphatic carbocycles. The molecule has 1 N–H and O–H groups in total. The Hall–Kier alpha value is -2.02. The van der Waals surface area contributed by atoms with E-state index in [1.165, 1.54) is 0 Å². The number of hydrogen-bond donors (Lipinski definition) is 1. The van der Waals surface area contributed by atoms with Gasteiger partial charge in [-0.25, -0.2) is 9.97 Å². The summed E-state index contributed by atoms with van der Waals surface area (Å²) in [6, 6.07) is 3.76. The molecule has 0 atom stereocenters. The summed E-state index contributed by atoms with van der Waals surface area (Å²) in [6.07, 6.45) is 3.37. The summed E-state index contributed by atoms with van der Waals surface area (Å²) in [5.74, 6) is 2.35. The van der Waals surface area contributed by atoms with E-state index in [1.807, 2.05) is 12.1 Å². The molecule has 1 aromatic carbocycles. The van der Waals surface area contributed by atoms with Crippen molar-refractivity contribution in [2.75, 3.05) is 26.6 Å². The topological polar surface area (TPSA) is 65.5 Å². The van der Waals surface area contributed by atoms with Crippen LogP contribution in [0.15, 0.2) is 29.0 Å². The van der Waals surface area contributed by atoms with E-state index in [-0.39, 0.29) is 0 Å². The lowest BCUT2D eigenvalue weighted by Gasteiger charge is -2.14. The van der Waals surface area contributed by atoms with Gasteiger partial charge < -0.3 is 19.5 Å². The fourth-order valence-electron chi connectivity index (χ4n) is 1.82.